The highest BCUT2D eigenvalue weighted by atomic mass is 16.8. The molecule has 0 saturated carbocycles. The predicted molar refractivity (Wildman–Crippen MR) is 97.4 cm³/mol. The fraction of sp³-hybridized carbons (Fsp3) is 0.882. The van der Waals surface area contributed by atoms with Gasteiger partial charge in [-0.05, 0) is 6.42 Å². The Bertz CT molecular complexity index is 649. The van der Waals surface area contributed by atoms with E-state index in [-0.39, 0.29) is 6.42 Å². The Morgan fingerprint density at radius 2 is 1.59 bits per heavy atom. The summed E-state index contributed by atoms with van der Waals surface area (Å²) in [5, 5.41) is 77.8. The van der Waals surface area contributed by atoms with Crippen LogP contribution in [0.2, 0.25) is 0 Å². The van der Waals surface area contributed by atoms with Gasteiger partial charge in [0.25, 0.3) is 0 Å². The molecule has 0 aliphatic carbocycles. The number of rotatable bonds is 10. The van der Waals surface area contributed by atoms with E-state index < -0.39 is 99.0 Å². The zero-order valence-electron chi connectivity index (χ0n) is 16.8. The van der Waals surface area contributed by atoms with Crippen LogP contribution in [-0.4, -0.2) is 133 Å². The lowest BCUT2D eigenvalue weighted by molar-refractivity contribution is -0.383. The van der Waals surface area contributed by atoms with Gasteiger partial charge in [0.15, 0.2) is 12.4 Å². The molecule has 186 valence electrons. The highest BCUT2D eigenvalue weighted by Crippen LogP contribution is 2.38. The lowest BCUT2D eigenvalue weighted by atomic mass is 9.99. The minimum absolute atomic E-state index is 0.305. The highest BCUT2D eigenvalue weighted by Gasteiger charge is 2.60. The van der Waals surface area contributed by atoms with Gasteiger partial charge in [0.1, 0.15) is 49.3 Å². The van der Waals surface area contributed by atoms with Crippen molar-refractivity contribution >= 4 is 11.9 Å². The number of carboxylic acids is 1. The van der Waals surface area contributed by atoms with Crippen molar-refractivity contribution in [3.8, 4) is 0 Å². The van der Waals surface area contributed by atoms with Crippen LogP contribution in [0.25, 0.3) is 0 Å². The fourth-order valence-electron chi connectivity index (χ4n) is 3.37. The van der Waals surface area contributed by atoms with Crippen LogP contribution in [-0.2, 0) is 28.5 Å². The van der Waals surface area contributed by atoms with Gasteiger partial charge in [-0.2, -0.15) is 0 Å². The maximum Gasteiger partial charge on any atom is 0.320 e. The zero-order valence-corrected chi connectivity index (χ0v) is 16.8. The molecular weight excluding hydrogens is 442 g/mol. The number of carbonyl (C=O) groups is 2. The van der Waals surface area contributed by atoms with Crippen molar-refractivity contribution in [2.75, 3.05) is 19.8 Å². The van der Waals surface area contributed by atoms with Gasteiger partial charge in [0, 0.05) is 6.42 Å². The smallest absolute Gasteiger partial charge is 0.320 e. The van der Waals surface area contributed by atoms with Crippen molar-refractivity contribution in [1.29, 1.82) is 0 Å². The maximum atomic E-state index is 12.2. The summed E-state index contributed by atoms with van der Waals surface area (Å²) < 4.78 is 21.1. The topological polar surface area (TPSA) is 259 Å². The number of aliphatic hydroxyl groups excluding tert-OH is 7. The van der Waals surface area contributed by atoms with Gasteiger partial charge in [-0.1, -0.05) is 0 Å². The molecule has 10 atom stereocenters. The van der Waals surface area contributed by atoms with E-state index in [1.54, 1.807) is 0 Å². The van der Waals surface area contributed by atoms with E-state index in [9.17, 15) is 45.3 Å². The van der Waals surface area contributed by atoms with E-state index in [2.05, 4.69) is 0 Å². The third-order valence-corrected chi connectivity index (χ3v) is 5.27. The number of carbonyl (C=O) groups excluding carboxylic acids is 1. The van der Waals surface area contributed by atoms with Gasteiger partial charge in [0.05, 0.1) is 13.2 Å². The van der Waals surface area contributed by atoms with Gasteiger partial charge in [0.2, 0.25) is 5.79 Å². The van der Waals surface area contributed by atoms with E-state index in [1.165, 1.54) is 0 Å². The summed E-state index contributed by atoms with van der Waals surface area (Å²) in [6, 6.07) is -1.36. The molecular formula is C17H29NO14. The number of esters is 1. The first kappa shape index (κ1) is 26.7. The number of aliphatic carboxylic acids is 1. The molecule has 2 aliphatic rings. The Morgan fingerprint density at radius 3 is 2.12 bits per heavy atom. The first-order valence-electron chi connectivity index (χ1n) is 9.75. The standard InChI is InChI=1S/C17H29NO14/c18-6(15(27)28)1-2-9(22)30-14-11(24)8(4-20)31-17(14,5-21)32-16-13(26)12(25)10(23)7(3-19)29-16/h6-8,10-14,16,19-21,23-26H,1-5,18H2,(H,27,28)/t6?,7-,8-,10-,11-,12+,13-,14+,16-,17+/m1/s1. The third-order valence-electron chi connectivity index (χ3n) is 5.27. The summed E-state index contributed by atoms with van der Waals surface area (Å²) in [7, 11) is 0. The van der Waals surface area contributed by atoms with Crippen LogP contribution >= 0.6 is 0 Å². The Balaban J connectivity index is 2.21. The number of aliphatic hydroxyl groups is 7. The molecule has 32 heavy (non-hydrogen) atoms. The molecule has 0 spiro atoms. The van der Waals surface area contributed by atoms with Crippen molar-refractivity contribution < 1.29 is 69.4 Å². The molecule has 10 N–H and O–H groups in total. The van der Waals surface area contributed by atoms with Crippen LogP contribution in [0, 0.1) is 0 Å². The Hall–Kier alpha value is -1.50. The number of ether oxygens (including phenoxy) is 4. The molecule has 2 rings (SSSR count). The molecule has 2 fully saturated rings. The highest BCUT2D eigenvalue weighted by molar-refractivity contribution is 5.75. The Morgan fingerprint density at radius 1 is 0.969 bits per heavy atom. The Labute approximate surface area is 181 Å². The van der Waals surface area contributed by atoms with Gasteiger partial charge >= 0.3 is 11.9 Å². The SMILES string of the molecule is NC(CCC(=O)O[C@H]1[C@H](O)[C@@H](CO)O[C@@]1(CO)O[C@H]1O[C@H](CO)[C@@H](O)[C@H](O)[C@H]1O)C(=O)O. The fourth-order valence-corrected chi connectivity index (χ4v) is 3.37. The van der Waals surface area contributed by atoms with E-state index in [4.69, 9.17) is 29.8 Å². The van der Waals surface area contributed by atoms with Crippen LogP contribution in [0.15, 0.2) is 0 Å². The van der Waals surface area contributed by atoms with Gasteiger partial charge in [-0.15, -0.1) is 0 Å². The summed E-state index contributed by atoms with van der Waals surface area (Å²) >= 11 is 0. The molecule has 2 saturated heterocycles. The molecule has 2 heterocycles. The summed E-state index contributed by atoms with van der Waals surface area (Å²) in [4.78, 5) is 23.0. The molecule has 0 radical (unpaired) electrons. The summed E-state index contributed by atoms with van der Waals surface area (Å²) in [6.07, 6.45) is -14.4. The molecule has 0 aromatic rings. The number of hydrogen-bond acceptors (Lipinski definition) is 14. The average molecular weight is 471 g/mol. The number of nitrogens with two attached hydrogens (primary N) is 1. The van der Waals surface area contributed by atoms with Crippen molar-refractivity contribution in [3.05, 3.63) is 0 Å². The van der Waals surface area contributed by atoms with Crippen LogP contribution in [0.4, 0.5) is 0 Å². The van der Waals surface area contributed by atoms with Gasteiger partial charge < -0.3 is 65.5 Å². The van der Waals surface area contributed by atoms with Crippen molar-refractivity contribution in [1.82, 2.24) is 0 Å². The second kappa shape index (κ2) is 11.1. The predicted octanol–water partition coefficient (Wildman–Crippen LogP) is -5.65. The minimum Gasteiger partial charge on any atom is -0.480 e. The van der Waals surface area contributed by atoms with Gasteiger partial charge in [-0.25, -0.2) is 0 Å². The van der Waals surface area contributed by atoms with Crippen LogP contribution in [0.3, 0.4) is 0 Å². The molecule has 0 aromatic carbocycles. The van der Waals surface area contributed by atoms with Crippen molar-refractivity contribution in [2.45, 2.75) is 73.7 Å². The number of hydrogen-bond donors (Lipinski definition) is 9. The molecule has 0 amide bonds. The van der Waals surface area contributed by atoms with E-state index in [0.29, 0.717) is 0 Å². The molecule has 2 aliphatic heterocycles. The first-order chi connectivity index (χ1) is 15.0. The maximum absolute atomic E-state index is 12.2. The lowest BCUT2D eigenvalue weighted by Crippen LogP contribution is -2.63. The molecule has 15 nitrogen and oxygen atoms in total. The van der Waals surface area contributed by atoms with Crippen molar-refractivity contribution in [3.63, 3.8) is 0 Å². The third kappa shape index (κ3) is 5.52. The van der Waals surface area contributed by atoms with E-state index in [1.807, 2.05) is 0 Å². The van der Waals surface area contributed by atoms with Crippen LogP contribution < -0.4 is 5.73 Å². The average Bonchev–Trinajstić information content (AvgIpc) is 3.03. The Kier molecular flexibility index (Phi) is 9.26. The molecule has 1 unspecified atom stereocenters. The van der Waals surface area contributed by atoms with Gasteiger partial charge in [-0.3, -0.25) is 9.59 Å². The van der Waals surface area contributed by atoms with Crippen LogP contribution in [0.1, 0.15) is 12.8 Å². The van der Waals surface area contributed by atoms with E-state index in [0.717, 1.165) is 0 Å². The molecule has 0 bridgehead atoms. The minimum atomic E-state index is -2.40. The second-order valence-electron chi connectivity index (χ2n) is 7.51. The molecule has 0 aromatic heterocycles. The first-order valence-corrected chi connectivity index (χ1v) is 9.75. The normalized spacial score (nSPS) is 40.8. The summed E-state index contributed by atoms with van der Waals surface area (Å²) in [5.74, 6) is -4.79. The second-order valence-corrected chi connectivity index (χ2v) is 7.51. The largest absolute Gasteiger partial charge is 0.480 e. The zero-order chi connectivity index (χ0) is 24.2. The van der Waals surface area contributed by atoms with Crippen LogP contribution in [0.5, 0.6) is 0 Å². The monoisotopic (exact) mass is 471 g/mol. The van der Waals surface area contributed by atoms with Crippen molar-refractivity contribution in [2.24, 2.45) is 5.73 Å². The van der Waals surface area contributed by atoms with E-state index >= 15 is 0 Å². The summed E-state index contributed by atoms with van der Waals surface area (Å²) in [6.45, 7) is -2.66. The lowest BCUT2D eigenvalue weighted by Gasteiger charge is -2.43. The molecule has 15 heteroatoms. The summed E-state index contributed by atoms with van der Waals surface area (Å²) in [5.41, 5.74) is 5.32. The number of carboxylic acid groups (broad SMARTS) is 1. The quantitative estimate of drug-likeness (QED) is 0.134.